The number of sulfonamides is 1. The highest BCUT2D eigenvalue weighted by molar-refractivity contribution is 7.89. The van der Waals surface area contributed by atoms with Gasteiger partial charge in [0.25, 0.3) is 0 Å². The zero-order valence-electron chi connectivity index (χ0n) is 16.5. The van der Waals surface area contributed by atoms with E-state index >= 15 is 0 Å². The zero-order valence-corrected chi connectivity index (χ0v) is 17.3. The topological polar surface area (TPSA) is 75.7 Å². The number of amides is 1. The van der Waals surface area contributed by atoms with Gasteiger partial charge >= 0.3 is 0 Å². The first-order chi connectivity index (χ1) is 13.6. The second-order valence-electron chi connectivity index (χ2n) is 6.57. The summed E-state index contributed by atoms with van der Waals surface area (Å²) >= 11 is 0. The van der Waals surface area contributed by atoms with Gasteiger partial charge in [-0.25, -0.2) is 21.5 Å². The first-order valence-electron chi connectivity index (χ1n) is 9.00. The molecule has 0 aliphatic heterocycles. The minimum atomic E-state index is -3.75. The van der Waals surface area contributed by atoms with Gasteiger partial charge < -0.3 is 10.1 Å². The first kappa shape index (κ1) is 22.8. The molecule has 1 N–H and O–H groups in total. The lowest BCUT2D eigenvalue weighted by Crippen LogP contribution is -2.30. The lowest BCUT2D eigenvalue weighted by Gasteiger charge is -2.18. The SMILES string of the molecule is COc1ccc(C(C)NC(=O)CCCN(C)S(=O)(=O)c2ccc(F)cc2)cc1F. The summed E-state index contributed by atoms with van der Waals surface area (Å²) in [7, 11) is -0.976. The van der Waals surface area contributed by atoms with Crippen LogP contribution in [-0.4, -0.2) is 39.3 Å². The van der Waals surface area contributed by atoms with Crippen molar-refractivity contribution in [2.24, 2.45) is 0 Å². The Morgan fingerprint density at radius 2 is 1.83 bits per heavy atom. The molecule has 6 nitrogen and oxygen atoms in total. The number of nitrogens with one attached hydrogen (secondary N) is 1. The van der Waals surface area contributed by atoms with Crippen LogP contribution in [0.4, 0.5) is 8.78 Å². The molecule has 0 spiro atoms. The predicted octanol–water partition coefficient (Wildman–Crippen LogP) is 3.25. The summed E-state index contributed by atoms with van der Waals surface area (Å²) in [6.07, 6.45) is 0.401. The molecular formula is C20H24F2N2O4S. The van der Waals surface area contributed by atoms with Crippen molar-refractivity contribution in [2.75, 3.05) is 20.7 Å². The van der Waals surface area contributed by atoms with Crippen LogP contribution in [0.3, 0.4) is 0 Å². The van der Waals surface area contributed by atoms with Gasteiger partial charge in [-0.3, -0.25) is 4.79 Å². The fraction of sp³-hybridized carbons (Fsp3) is 0.350. The van der Waals surface area contributed by atoms with Crippen molar-refractivity contribution in [3.63, 3.8) is 0 Å². The van der Waals surface area contributed by atoms with Gasteiger partial charge in [-0.1, -0.05) is 6.07 Å². The highest BCUT2D eigenvalue weighted by atomic mass is 32.2. The Bertz CT molecular complexity index is 949. The Hall–Kier alpha value is -2.52. The number of methoxy groups -OCH3 is 1. The van der Waals surface area contributed by atoms with Crippen LogP contribution in [0, 0.1) is 11.6 Å². The van der Waals surface area contributed by atoms with E-state index in [0.717, 1.165) is 16.4 Å². The Kier molecular flexibility index (Phi) is 7.69. The molecule has 1 amide bonds. The van der Waals surface area contributed by atoms with Gasteiger partial charge in [0.2, 0.25) is 15.9 Å². The number of halogens is 2. The van der Waals surface area contributed by atoms with Crippen LogP contribution in [-0.2, 0) is 14.8 Å². The average Bonchev–Trinajstić information content (AvgIpc) is 2.68. The number of hydrogen-bond donors (Lipinski definition) is 1. The molecule has 0 radical (unpaired) electrons. The quantitative estimate of drug-likeness (QED) is 0.668. The molecule has 0 aliphatic carbocycles. The van der Waals surface area contributed by atoms with E-state index in [2.05, 4.69) is 5.32 Å². The molecule has 0 aliphatic rings. The van der Waals surface area contributed by atoms with E-state index in [1.807, 2.05) is 0 Å². The average molecular weight is 426 g/mol. The van der Waals surface area contributed by atoms with E-state index < -0.39 is 27.7 Å². The number of benzene rings is 2. The number of carbonyl (C=O) groups is 1. The molecule has 0 fully saturated rings. The van der Waals surface area contributed by atoms with Crippen molar-refractivity contribution in [3.05, 3.63) is 59.7 Å². The van der Waals surface area contributed by atoms with E-state index in [9.17, 15) is 22.0 Å². The number of hydrogen-bond acceptors (Lipinski definition) is 4. The molecule has 0 saturated heterocycles. The summed E-state index contributed by atoms with van der Waals surface area (Å²) < 4.78 is 57.6. The molecule has 0 aromatic heterocycles. The summed E-state index contributed by atoms with van der Waals surface area (Å²) in [5.74, 6) is -1.19. The number of rotatable bonds is 9. The molecule has 29 heavy (non-hydrogen) atoms. The standard InChI is InChI=1S/C20H24F2N2O4S/c1-14(15-6-11-19(28-3)18(22)13-15)23-20(25)5-4-12-24(2)29(26,27)17-9-7-16(21)8-10-17/h6-11,13-14H,4-5,12H2,1-3H3,(H,23,25). The second kappa shape index (κ2) is 9.80. The third-order valence-electron chi connectivity index (χ3n) is 4.45. The predicted molar refractivity (Wildman–Crippen MR) is 105 cm³/mol. The largest absolute Gasteiger partial charge is 0.494 e. The fourth-order valence-corrected chi connectivity index (χ4v) is 3.93. The van der Waals surface area contributed by atoms with Crippen molar-refractivity contribution in [1.29, 1.82) is 0 Å². The van der Waals surface area contributed by atoms with E-state index in [1.165, 1.54) is 38.4 Å². The molecule has 2 aromatic rings. The van der Waals surface area contributed by atoms with Crippen LogP contribution in [0.25, 0.3) is 0 Å². The minimum absolute atomic E-state index is 0.0130. The van der Waals surface area contributed by atoms with Crippen LogP contribution >= 0.6 is 0 Å². The third kappa shape index (κ3) is 5.98. The van der Waals surface area contributed by atoms with Gasteiger partial charge in [-0.05, 0) is 55.3 Å². The normalized spacial score (nSPS) is 12.6. The fourth-order valence-electron chi connectivity index (χ4n) is 2.72. The van der Waals surface area contributed by atoms with Crippen LogP contribution in [0.5, 0.6) is 5.75 Å². The van der Waals surface area contributed by atoms with Crippen LogP contribution in [0.2, 0.25) is 0 Å². The van der Waals surface area contributed by atoms with E-state index in [1.54, 1.807) is 13.0 Å². The lowest BCUT2D eigenvalue weighted by atomic mass is 10.1. The van der Waals surface area contributed by atoms with E-state index in [-0.39, 0.29) is 29.5 Å². The Balaban J connectivity index is 1.85. The van der Waals surface area contributed by atoms with Gasteiger partial charge in [0.05, 0.1) is 18.0 Å². The van der Waals surface area contributed by atoms with Crippen molar-refractivity contribution in [1.82, 2.24) is 9.62 Å². The maximum Gasteiger partial charge on any atom is 0.242 e. The van der Waals surface area contributed by atoms with Crippen LogP contribution < -0.4 is 10.1 Å². The monoisotopic (exact) mass is 426 g/mol. The Morgan fingerprint density at radius 1 is 1.17 bits per heavy atom. The van der Waals surface area contributed by atoms with Gasteiger partial charge in [0.15, 0.2) is 11.6 Å². The first-order valence-corrected chi connectivity index (χ1v) is 10.4. The van der Waals surface area contributed by atoms with Gasteiger partial charge in [-0.2, -0.15) is 0 Å². The number of ether oxygens (including phenoxy) is 1. The molecular weight excluding hydrogens is 402 g/mol. The molecule has 158 valence electrons. The highest BCUT2D eigenvalue weighted by Crippen LogP contribution is 2.22. The molecule has 0 saturated carbocycles. The van der Waals surface area contributed by atoms with Gasteiger partial charge in [0.1, 0.15) is 5.82 Å². The summed E-state index contributed by atoms with van der Waals surface area (Å²) in [6.45, 7) is 1.85. The molecule has 1 atom stereocenters. The molecule has 2 rings (SSSR count). The maximum atomic E-state index is 13.8. The van der Waals surface area contributed by atoms with Crippen LogP contribution in [0.1, 0.15) is 31.4 Å². The van der Waals surface area contributed by atoms with Crippen molar-refractivity contribution < 1.29 is 26.7 Å². The zero-order chi connectivity index (χ0) is 21.6. The Labute approximate surface area is 169 Å². The second-order valence-corrected chi connectivity index (χ2v) is 8.61. The van der Waals surface area contributed by atoms with Crippen LogP contribution in [0.15, 0.2) is 47.4 Å². The molecule has 0 heterocycles. The van der Waals surface area contributed by atoms with Crippen molar-refractivity contribution >= 4 is 15.9 Å². The molecule has 0 bridgehead atoms. The van der Waals surface area contributed by atoms with Gasteiger partial charge in [0, 0.05) is 20.0 Å². The summed E-state index contributed by atoms with van der Waals surface area (Å²) in [5, 5.41) is 2.76. The maximum absolute atomic E-state index is 13.8. The Morgan fingerprint density at radius 3 is 2.41 bits per heavy atom. The summed E-state index contributed by atoms with van der Waals surface area (Å²) in [4.78, 5) is 12.1. The van der Waals surface area contributed by atoms with E-state index in [0.29, 0.717) is 12.0 Å². The van der Waals surface area contributed by atoms with Crippen molar-refractivity contribution in [3.8, 4) is 5.75 Å². The molecule has 2 aromatic carbocycles. The third-order valence-corrected chi connectivity index (χ3v) is 6.32. The van der Waals surface area contributed by atoms with Gasteiger partial charge in [-0.15, -0.1) is 0 Å². The van der Waals surface area contributed by atoms with E-state index in [4.69, 9.17) is 4.74 Å². The lowest BCUT2D eigenvalue weighted by molar-refractivity contribution is -0.121. The number of nitrogens with zero attached hydrogens (tertiary/aromatic N) is 1. The molecule has 9 heteroatoms. The number of carbonyl (C=O) groups excluding carboxylic acids is 1. The molecule has 1 unspecified atom stereocenters. The highest BCUT2D eigenvalue weighted by Gasteiger charge is 2.21. The summed E-state index contributed by atoms with van der Waals surface area (Å²) in [6, 6.07) is 8.59. The minimum Gasteiger partial charge on any atom is -0.494 e. The van der Waals surface area contributed by atoms with Crippen molar-refractivity contribution in [2.45, 2.75) is 30.7 Å². The smallest absolute Gasteiger partial charge is 0.242 e. The summed E-state index contributed by atoms with van der Waals surface area (Å²) in [5.41, 5.74) is 0.590.